The van der Waals surface area contributed by atoms with Gasteiger partial charge in [-0.3, -0.25) is 4.79 Å². The molecule has 0 spiro atoms. The average Bonchev–Trinajstić information content (AvgIpc) is 3.10. The molecule has 128 valence electrons. The largest absolute Gasteiger partial charge is 0.467 e. The van der Waals surface area contributed by atoms with Crippen LogP contribution in [0.25, 0.3) is 0 Å². The summed E-state index contributed by atoms with van der Waals surface area (Å²) in [6.45, 7) is 1.79. The van der Waals surface area contributed by atoms with Crippen molar-refractivity contribution in [2.24, 2.45) is 5.92 Å². The van der Waals surface area contributed by atoms with Gasteiger partial charge in [-0.05, 0) is 43.0 Å². The summed E-state index contributed by atoms with van der Waals surface area (Å²) in [5.41, 5.74) is 0.375. The van der Waals surface area contributed by atoms with Gasteiger partial charge in [-0.25, -0.2) is 8.78 Å². The number of nitrogens with one attached hydrogen (secondary N) is 1. The number of halogens is 2. The van der Waals surface area contributed by atoms with Crippen molar-refractivity contribution in [2.45, 2.75) is 37.8 Å². The van der Waals surface area contributed by atoms with E-state index in [0.29, 0.717) is 24.2 Å². The zero-order chi connectivity index (χ0) is 17.3. The van der Waals surface area contributed by atoms with Crippen LogP contribution in [-0.2, 0) is 4.79 Å². The number of aliphatic hydroxyl groups is 1. The third-order valence-electron chi connectivity index (χ3n) is 4.33. The summed E-state index contributed by atoms with van der Waals surface area (Å²) < 4.78 is 31.8. The van der Waals surface area contributed by atoms with Gasteiger partial charge in [-0.2, -0.15) is 0 Å². The van der Waals surface area contributed by atoms with Gasteiger partial charge in [0, 0.05) is 24.4 Å². The highest BCUT2D eigenvalue weighted by atomic mass is 19.1. The highest BCUT2D eigenvalue weighted by Crippen LogP contribution is 2.48. The summed E-state index contributed by atoms with van der Waals surface area (Å²) >= 11 is 0. The molecular weight excluding hydrogens is 316 g/mol. The molecule has 0 radical (unpaired) electrons. The second-order valence-electron chi connectivity index (χ2n) is 6.29. The van der Waals surface area contributed by atoms with E-state index < -0.39 is 17.7 Å². The molecule has 1 fully saturated rings. The Kier molecular flexibility index (Phi) is 4.66. The third kappa shape index (κ3) is 3.64. The van der Waals surface area contributed by atoms with Gasteiger partial charge in [0.25, 0.3) is 0 Å². The minimum Gasteiger partial charge on any atom is -0.467 e. The quantitative estimate of drug-likeness (QED) is 0.851. The summed E-state index contributed by atoms with van der Waals surface area (Å²) in [4.78, 5) is 12.2. The Morgan fingerprint density at radius 3 is 2.88 bits per heavy atom. The van der Waals surface area contributed by atoms with E-state index in [1.165, 1.54) is 18.4 Å². The standard InChI is InChI=1S/C18H19F2NO3/c1-10(7-16(22)17-3-2-6-24-17)21-18(23)14-9-13(14)12-5-4-11(19)8-15(12)20/h2-6,8,10,13-14,16,22H,7,9H2,1H3,(H,21,23). The Labute approximate surface area is 138 Å². The SMILES string of the molecule is CC(CC(O)c1ccco1)NC(=O)C1CC1c1ccc(F)cc1F. The van der Waals surface area contributed by atoms with Crippen LogP contribution in [0.3, 0.4) is 0 Å². The molecular formula is C18H19F2NO3. The maximum Gasteiger partial charge on any atom is 0.223 e. The first-order valence-electron chi connectivity index (χ1n) is 7.92. The Morgan fingerprint density at radius 2 is 2.21 bits per heavy atom. The molecule has 1 amide bonds. The number of aliphatic hydroxyl groups excluding tert-OH is 1. The maximum absolute atomic E-state index is 13.8. The van der Waals surface area contributed by atoms with Crippen LogP contribution < -0.4 is 5.32 Å². The van der Waals surface area contributed by atoms with Crippen LogP contribution in [0.15, 0.2) is 41.0 Å². The molecule has 0 saturated heterocycles. The van der Waals surface area contributed by atoms with E-state index in [-0.39, 0.29) is 23.8 Å². The first-order chi connectivity index (χ1) is 11.5. The Balaban J connectivity index is 1.53. The van der Waals surface area contributed by atoms with E-state index in [2.05, 4.69) is 5.32 Å². The van der Waals surface area contributed by atoms with Gasteiger partial charge in [0.1, 0.15) is 23.5 Å². The van der Waals surface area contributed by atoms with E-state index in [4.69, 9.17) is 4.42 Å². The van der Waals surface area contributed by atoms with Crippen LogP contribution in [-0.4, -0.2) is 17.1 Å². The average molecular weight is 335 g/mol. The van der Waals surface area contributed by atoms with Crippen LogP contribution in [0.2, 0.25) is 0 Å². The van der Waals surface area contributed by atoms with Gasteiger partial charge in [0.15, 0.2) is 0 Å². The van der Waals surface area contributed by atoms with E-state index in [9.17, 15) is 18.7 Å². The van der Waals surface area contributed by atoms with Crippen molar-refractivity contribution in [1.82, 2.24) is 5.32 Å². The zero-order valence-electron chi connectivity index (χ0n) is 13.2. The van der Waals surface area contributed by atoms with Crippen LogP contribution in [0.5, 0.6) is 0 Å². The number of hydrogen-bond acceptors (Lipinski definition) is 3. The van der Waals surface area contributed by atoms with Gasteiger partial charge in [0.05, 0.1) is 6.26 Å². The lowest BCUT2D eigenvalue weighted by molar-refractivity contribution is -0.123. The molecule has 1 aromatic heterocycles. The third-order valence-corrected chi connectivity index (χ3v) is 4.33. The minimum absolute atomic E-state index is 0.178. The molecule has 1 aliphatic carbocycles. The fourth-order valence-corrected chi connectivity index (χ4v) is 2.97. The Bertz CT molecular complexity index is 717. The molecule has 1 heterocycles. The van der Waals surface area contributed by atoms with Crippen molar-refractivity contribution in [3.63, 3.8) is 0 Å². The van der Waals surface area contributed by atoms with E-state index in [0.717, 1.165) is 6.07 Å². The molecule has 0 aliphatic heterocycles. The highest BCUT2D eigenvalue weighted by Gasteiger charge is 2.45. The fourth-order valence-electron chi connectivity index (χ4n) is 2.97. The van der Waals surface area contributed by atoms with Crippen LogP contribution >= 0.6 is 0 Å². The zero-order valence-corrected chi connectivity index (χ0v) is 13.2. The van der Waals surface area contributed by atoms with Gasteiger partial charge in [-0.15, -0.1) is 0 Å². The first kappa shape index (κ1) is 16.6. The lowest BCUT2D eigenvalue weighted by Crippen LogP contribution is -2.35. The molecule has 0 bridgehead atoms. The van der Waals surface area contributed by atoms with Crippen LogP contribution in [0.4, 0.5) is 8.78 Å². The summed E-state index contributed by atoms with van der Waals surface area (Å²) in [6, 6.07) is 6.55. The number of furan rings is 1. The monoisotopic (exact) mass is 335 g/mol. The fraction of sp³-hybridized carbons (Fsp3) is 0.389. The predicted molar refractivity (Wildman–Crippen MR) is 83.1 cm³/mol. The van der Waals surface area contributed by atoms with Crippen molar-refractivity contribution >= 4 is 5.91 Å². The normalized spacial score (nSPS) is 22.0. The maximum atomic E-state index is 13.8. The summed E-state index contributed by atoms with van der Waals surface area (Å²) in [7, 11) is 0. The molecule has 4 nitrogen and oxygen atoms in total. The van der Waals surface area contributed by atoms with Gasteiger partial charge >= 0.3 is 0 Å². The molecule has 2 aromatic rings. The second kappa shape index (κ2) is 6.73. The number of rotatable bonds is 6. The summed E-state index contributed by atoms with van der Waals surface area (Å²) in [6.07, 6.45) is 1.55. The number of carbonyl (C=O) groups excluding carboxylic acids is 1. The van der Waals surface area contributed by atoms with Crippen LogP contribution in [0.1, 0.15) is 43.1 Å². The smallest absolute Gasteiger partial charge is 0.223 e. The van der Waals surface area contributed by atoms with E-state index in [1.54, 1.807) is 19.1 Å². The Hall–Kier alpha value is -2.21. The molecule has 4 atom stereocenters. The predicted octanol–water partition coefficient (Wildman–Crippen LogP) is 3.29. The molecule has 4 unspecified atom stereocenters. The van der Waals surface area contributed by atoms with Crippen molar-refractivity contribution < 1.29 is 23.1 Å². The molecule has 24 heavy (non-hydrogen) atoms. The topological polar surface area (TPSA) is 62.5 Å². The van der Waals surface area contributed by atoms with Gasteiger partial charge in [0.2, 0.25) is 5.91 Å². The van der Waals surface area contributed by atoms with Crippen molar-refractivity contribution in [3.8, 4) is 0 Å². The first-order valence-corrected chi connectivity index (χ1v) is 7.92. The Morgan fingerprint density at radius 1 is 1.42 bits per heavy atom. The van der Waals surface area contributed by atoms with Crippen molar-refractivity contribution in [2.75, 3.05) is 0 Å². The molecule has 1 aliphatic rings. The molecule has 2 N–H and O–H groups in total. The van der Waals surface area contributed by atoms with Crippen molar-refractivity contribution in [1.29, 1.82) is 0 Å². The highest BCUT2D eigenvalue weighted by molar-refractivity contribution is 5.83. The van der Waals surface area contributed by atoms with Crippen LogP contribution in [0, 0.1) is 17.6 Å². The molecule has 1 aromatic carbocycles. The second-order valence-corrected chi connectivity index (χ2v) is 6.29. The van der Waals surface area contributed by atoms with Gasteiger partial charge < -0.3 is 14.8 Å². The molecule has 6 heteroatoms. The molecule has 1 saturated carbocycles. The number of carbonyl (C=O) groups is 1. The minimum atomic E-state index is -0.792. The van der Waals surface area contributed by atoms with E-state index in [1.807, 2.05) is 0 Å². The van der Waals surface area contributed by atoms with E-state index >= 15 is 0 Å². The summed E-state index contributed by atoms with van der Waals surface area (Å²) in [5.74, 6) is -1.49. The lowest BCUT2D eigenvalue weighted by Gasteiger charge is -2.16. The van der Waals surface area contributed by atoms with Gasteiger partial charge in [-0.1, -0.05) is 6.07 Å². The summed E-state index contributed by atoms with van der Waals surface area (Å²) in [5, 5.41) is 12.8. The molecule has 3 rings (SSSR count). The number of hydrogen-bond donors (Lipinski definition) is 2. The lowest BCUT2D eigenvalue weighted by atomic mass is 10.1. The number of amides is 1. The number of benzene rings is 1. The van der Waals surface area contributed by atoms with Crippen molar-refractivity contribution in [3.05, 3.63) is 59.6 Å².